The number of aromatic nitrogens is 1. The number of likely N-dealkylation sites (tertiary alicyclic amines) is 1. The highest BCUT2D eigenvalue weighted by atomic mass is 19.1. The summed E-state index contributed by atoms with van der Waals surface area (Å²) in [6, 6.07) is 3.04. The molecule has 3 nitrogen and oxygen atoms in total. The van der Waals surface area contributed by atoms with Crippen LogP contribution in [0.2, 0.25) is 0 Å². The molecule has 0 aromatic carbocycles. The third-order valence-electron chi connectivity index (χ3n) is 3.15. The molecule has 0 saturated carbocycles. The van der Waals surface area contributed by atoms with Crippen molar-refractivity contribution in [3.05, 3.63) is 24.1 Å². The van der Waals surface area contributed by atoms with Gasteiger partial charge in [-0.25, -0.2) is 9.37 Å². The Morgan fingerprint density at radius 2 is 2.24 bits per heavy atom. The van der Waals surface area contributed by atoms with Crippen molar-refractivity contribution in [2.24, 2.45) is 5.92 Å². The van der Waals surface area contributed by atoms with Crippen LogP contribution < -0.4 is 5.32 Å². The molecule has 94 valence electrons. The minimum atomic E-state index is -0.277. The summed E-state index contributed by atoms with van der Waals surface area (Å²) in [4.78, 5) is 6.46. The molecule has 1 saturated heterocycles. The van der Waals surface area contributed by atoms with Gasteiger partial charge >= 0.3 is 0 Å². The van der Waals surface area contributed by atoms with Gasteiger partial charge in [-0.15, -0.1) is 0 Å². The van der Waals surface area contributed by atoms with Gasteiger partial charge < -0.3 is 10.2 Å². The molecule has 0 spiro atoms. The van der Waals surface area contributed by atoms with Crippen molar-refractivity contribution >= 4 is 5.82 Å². The van der Waals surface area contributed by atoms with E-state index in [1.807, 2.05) is 0 Å². The second-order valence-corrected chi connectivity index (χ2v) is 4.83. The third-order valence-corrected chi connectivity index (χ3v) is 3.15. The van der Waals surface area contributed by atoms with E-state index < -0.39 is 0 Å². The number of halogens is 1. The molecule has 0 amide bonds. The monoisotopic (exact) mass is 237 g/mol. The van der Waals surface area contributed by atoms with Crippen LogP contribution in [0.1, 0.15) is 19.8 Å². The lowest BCUT2D eigenvalue weighted by atomic mass is 10.1. The Kier molecular flexibility index (Phi) is 4.31. The second kappa shape index (κ2) is 5.96. The van der Waals surface area contributed by atoms with Gasteiger partial charge in [0.15, 0.2) is 11.6 Å². The summed E-state index contributed by atoms with van der Waals surface area (Å²) in [7, 11) is 0. The third kappa shape index (κ3) is 3.66. The Balaban J connectivity index is 1.75. The average molecular weight is 237 g/mol. The molecule has 1 aromatic rings. The van der Waals surface area contributed by atoms with Crippen LogP contribution in [0.25, 0.3) is 0 Å². The normalized spacial score (nSPS) is 18.2. The summed E-state index contributed by atoms with van der Waals surface area (Å²) in [5.74, 6) is 0.594. The van der Waals surface area contributed by atoms with Crippen LogP contribution in [0.3, 0.4) is 0 Å². The van der Waals surface area contributed by atoms with Gasteiger partial charge in [0.1, 0.15) is 0 Å². The molecule has 0 radical (unpaired) electrons. The van der Waals surface area contributed by atoms with Gasteiger partial charge in [0.2, 0.25) is 0 Å². The summed E-state index contributed by atoms with van der Waals surface area (Å²) >= 11 is 0. The van der Waals surface area contributed by atoms with Gasteiger partial charge in [-0.1, -0.05) is 6.92 Å². The molecule has 2 rings (SSSR count). The molecule has 2 heterocycles. The standard InChI is InChI=1S/C13H20FN3/c1-11(10-17-7-2-3-8-17)9-16-13-12(14)5-4-6-15-13/h4-6,11H,2-3,7-10H2,1H3,(H,15,16). The Labute approximate surface area is 102 Å². The van der Waals surface area contributed by atoms with Gasteiger partial charge in [-0.3, -0.25) is 0 Å². The van der Waals surface area contributed by atoms with Crippen LogP contribution in [0, 0.1) is 11.7 Å². The largest absolute Gasteiger partial charge is 0.367 e. The first-order valence-corrected chi connectivity index (χ1v) is 6.32. The maximum atomic E-state index is 13.3. The molecule has 1 aromatic heterocycles. The number of nitrogens with one attached hydrogen (secondary N) is 1. The lowest BCUT2D eigenvalue weighted by molar-refractivity contribution is 0.294. The molecule has 1 unspecified atom stereocenters. The zero-order valence-electron chi connectivity index (χ0n) is 10.3. The Bertz CT molecular complexity index is 350. The fourth-order valence-electron chi connectivity index (χ4n) is 2.26. The molecule has 1 aliphatic rings. The van der Waals surface area contributed by atoms with Crippen molar-refractivity contribution in [2.75, 3.05) is 31.5 Å². The van der Waals surface area contributed by atoms with E-state index in [2.05, 4.69) is 22.1 Å². The minimum Gasteiger partial charge on any atom is -0.367 e. The second-order valence-electron chi connectivity index (χ2n) is 4.83. The summed E-state index contributed by atoms with van der Waals surface area (Å²) in [6.45, 7) is 6.46. The van der Waals surface area contributed by atoms with E-state index in [0.717, 1.165) is 13.1 Å². The highest BCUT2D eigenvalue weighted by Crippen LogP contribution is 2.12. The first-order chi connectivity index (χ1) is 8.25. The molecule has 1 N–H and O–H groups in total. The van der Waals surface area contributed by atoms with Crippen molar-refractivity contribution in [3.63, 3.8) is 0 Å². The van der Waals surface area contributed by atoms with Crippen LogP contribution in [-0.4, -0.2) is 36.1 Å². The molecule has 4 heteroatoms. The van der Waals surface area contributed by atoms with E-state index in [-0.39, 0.29) is 5.82 Å². The average Bonchev–Trinajstić information content (AvgIpc) is 2.81. The summed E-state index contributed by atoms with van der Waals surface area (Å²) in [5.41, 5.74) is 0. The topological polar surface area (TPSA) is 28.2 Å². The molecule has 1 aliphatic heterocycles. The Morgan fingerprint density at radius 1 is 1.47 bits per heavy atom. The van der Waals surface area contributed by atoms with Crippen molar-refractivity contribution in [1.29, 1.82) is 0 Å². The van der Waals surface area contributed by atoms with Crippen molar-refractivity contribution in [2.45, 2.75) is 19.8 Å². The maximum absolute atomic E-state index is 13.3. The number of hydrogen-bond donors (Lipinski definition) is 1. The van der Waals surface area contributed by atoms with Gasteiger partial charge in [0.05, 0.1) is 0 Å². The van der Waals surface area contributed by atoms with Crippen LogP contribution in [0.15, 0.2) is 18.3 Å². The fourth-order valence-corrected chi connectivity index (χ4v) is 2.26. The van der Waals surface area contributed by atoms with E-state index in [1.165, 1.54) is 32.0 Å². The van der Waals surface area contributed by atoms with E-state index >= 15 is 0 Å². The van der Waals surface area contributed by atoms with Gasteiger partial charge in [-0.2, -0.15) is 0 Å². The molecule has 0 bridgehead atoms. The SMILES string of the molecule is CC(CNc1ncccc1F)CN1CCCC1. The van der Waals surface area contributed by atoms with Gasteiger partial charge in [-0.05, 0) is 44.0 Å². The summed E-state index contributed by atoms with van der Waals surface area (Å²) < 4.78 is 13.3. The Morgan fingerprint density at radius 3 is 2.94 bits per heavy atom. The highest BCUT2D eigenvalue weighted by molar-refractivity contribution is 5.35. The molecule has 1 atom stereocenters. The number of nitrogens with zero attached hydrogens (tertiary/aromatic N) is 2. The number of anilines is 1. The maximum Gasteiger partial charge on any atom is 0.165 e. The fraction of sp³-hybridized carbons (Fsp3) is 0.615. The van der Waals surface area contributed by atoms with Crippen molar-refractivity contribution in [1.82, 2.24) is 9.88 Å². The van der Waals surface area contributed by atoms with Crippen LogP contribution in [0.5, 0.6) is 0 Å². The number of pyridine rings is 1. The van der Waals surface area contributed by atoms with E-state index in [0.29, 0.717) is 11.7 Å². The highest BCUT2D eigenvalue weighted by Gasteiger charge is 2.14. The summed E-state index contributed by atoms with van der Waals surface area (Å²) in [6.07, 6.45) is 4.24. The molecule has 0 aliphatic carbocycles. The van der Waals surface area contributed by atoms with E-state index in [9.17, 15) is 4.39 Å². The lowest BCUT2D eigenvalue weighted by Gasteiger charge is -2.20. The molecule has 17 heavy (non-hydrogen) atoms. The number of rotatable bonds is 5. The van der Waals surface area contributed by atoms with Crippen molar-refractivity contribution < 1.29 is 4.39 Å². The smallest absolute Gasteiger partial charge is 0.165 e. The minimum absolute atomic E-state index is 0.277. The zero-order valence-corrected chi connectivity index (χ0v) is 10.3. The zero-order chi connectivity index (χ0) is 12.1. The van der Waals surface area contributed by atoms with Gasteiger partial charge in [0, 0.05) is 19.3 Å². The van der Waals surface area contributed by atoms with Crippen molar-refractivity contribution in [3.8, 4) is 0 Å². The first-order valence-electron chi connectivity index (χ1n) is 6.32. The molecular formula is C13H20FN3. The number of hydrogen-bond acceptors (Lipinski definition) is 3. The van der Waals surface area contributed by atoms with Gasteiger partial charge in [0.25, 0.3) is 0 Å². The first kappa shape index (κ1) is 12.3. The quantitative estimate of drug-likeness (QED) is 0.852. The summed E-state index contributed by atoms with van der Waals surface area (Å²) in [5, 5.41) is 3.07. The molecular weight excluding hydrogens is 217 g/mol. The van der Waals surface area contributed by atoms with Crippen LogP contribution in [-0.2, 0) is 0 Å². The van der Waals surface area contributed by atoms with E-state index in [1.54, 1.807) is 12.3 Å². The van der Waals surface area contributed by atoms with E-state index in [4.69, 9.17) is 0 Å². The predicted molar refractivity (Wildman–Crippen MR) is 67.5 cm³/mol. The predicted octanol–water partition coefficient (Wildman–Crippen LogP) is 2.36. The van der Waals surface area contributed by atoms with Crippen LogP contribution in [0.4, 0.5) is 10.2 Å². The van der Waals surface area contributed by atoms with Crippen LogP contribution >= 0.6 is 0 Å². The molecule has 1 fully saturated rings. The lowest BCUT2D eigenvalue weighted by Crippen LogP contribution is -2.29. The Hall–Kier alpha value is -1.16.